The van der Waals surface area contributed by atoms with Crippen LogP contribution in [0.1, 0.15) is 26.3 Å². The highest BCUT2D eigenvalue weighted by Crippen LogP contribution is 2.44. The zero-order chi connectivity index (χ0) is 26.7. The van der Waals surface area contributed by atoms with Gasteiger partial charge in [0, 0.05) is 37.4 Å². The second-order valence-electron chi connectivity index (χ2n) is 11.0. The number of benzene rings is 5. The van der Waals surface area contributed by atoms with Crippen LogP contribution in [-0.4, -0.2) is 9.55 Å². The molecule has 0 spiro atoms. The molecule has 0 aliphatic heterocycles. The van der Waals surface area contributed by atoms with Crippen LogP contribution in [0.15, 0.2) is 109 Å². The summed E-state index contributed by atoms with van der Waals surface area (Å²) in [5.41, 5.74) is 6.84. The van der Waals surface area contributed by atoms with Crippen molar-refractivity contribution in [3.05, 3.63) is 121 Å². The van der Waals surface area contributed by atoms with E-state index in [1.807, 2.05) is 6.07 Å². The van der Waals surface area contributed by atoms with Crippen LogP contribution in [0.25, 0.3) is 59.4 Å². The number of halogens is 1. The van der Waals surface area contributed by atoms with Crippen molar-refractivity contribution in [1.82, 2.24) is 9.55 Å². The molecular weight excluding hydrogens is 499 g/mol. The first kappa shape index (κ1) is 23.8. The Morgan fingerprint density at radius 3 is 2.26 bits per heavy atom. The predicted octanol–water partition coefficient (Wildman–Crippen LogP) is 10.2. The van der Waals surface area contributed by atoms with Gasteiger partial charge < -0.3 is 0 Å². The van der Waals surface area contributed by atoms with E-state index in [1.165, 1.54) is 31.8 Å². The van der Waals surface area contributed by atoms with E-state index in [1.54, 1.807) is 23.5 Å². The summed E-state index contributed by atoms with van der Waals surface area (Å²) in [6.07, 6.45) is 0. The summed E-state index contributed by atoms with van der Waals surface area (Å²) in [4.78, 5) is 5.18. The fraction of sp³-hybridized carbons (Fsp3) is 0.114. The van der Waals surface area contributed by atoms with Crippen molar-refractivity contribution in [1.29, 1.82) is 0 Å². The van der Waals surface area contributed by atoms with Crippen molar-refractivity contribution in [2.24, 2.45) is 0 Å². The first-order chi connectivity index (χ1) is 18.9. The van der Waals surface area contributed by atoms with E-state index >= 15 is 0 Å². The number of rotatable bonds is 3. The molecule has 0 saturated carbocycles. The lowest BCUT2D eigenvalue weighted by Crippen LogP contribution is -2.16. The van der Waals surface area contributed by atoms with Crippen LogP contribution in [0.2, 0.25) is 0 Å². The Bertz CT molecular complexity index is 2010. The van der Waals surface area contributed by atoms with Gasteiger partial charge >= 0.3 is 0 Å². The van der Waals surface area contributed by atoms with Gasteiger partial charge in [0.2, 0.25) is 0 Å². The standard InChI is InChI=1S/C35H27FN2S/c1-35(2,3)28-17-10-14-24(22-11-5-4-6-12-22)32(28)38-30-21-23(36)19-20-29(30)37-34(38)27-16-9-15-26-25-13-7-8-18-31(25)39-33(26)27/h4-21H,1-3H3. The molecule has 0 bridgehead atoms. The number of para-hydroxylation sites is 1. The van der Waals surface area contributed by atoms with Crippen LogP contribution in [0.3, 0.4) is 0 Å². The average molecular weight is 527 g/mol. The highest BCUT2D eigenvalue weighted by molar-refractivity contribution is 7.26. The number of hydrogen-bond donors (Lipinski definition) is 0. The smallest absolute Gasteiger partial charge is 0.147 e. The summed E-state index contributed by atoms with van der Waals surface area (Å²) in [6, 6.07) is 36.8. The number of aromatic nitrogens is 2. The zero-order valence-electron chi connectivity index (χ0n) is 22.1. The normalized spacial score (nSPS) is 12.1. The molecule has 0 amide bonds. The van der Waals surface area contributed by atoms with Gasteiger partial charge in [0.25, 0.3) is 0 Å². The summed E-state index contributed by atoms with van der Waals surface area (Å²) in [5, 5.41) is 2.46. The molecule has 2 heterocycles. The minimum Gasteiger partial charge on any atom is -0.291 e. The van der Waals surface area contributed by atoms with Gasteiger partial charge in [-0.1, -0.05) is 99.6 Å². The van der Waals surface area contributed by atoms with Crippen molar-refractivity contribution in [3.8, 4) is 28.2 Å². The molecule has 39 heavy (non-hydrogen) atoms. The molecular formula is C35H27FN2S. The van der Waals surface area contributed by atoms with Crippen LogP contribution in [0, 0.1) is 5.82 Å². The number of nitrogens with zero attached hydrogens (tertiary/aromatic N) is 2. The van der Waals surface area contributed by atoms with E-state index in [0.29, 0.717) is 0 Å². The Morgan fingerprint density at radius 2 is 1.44 bits per heavy atom. The molecule has 0 N–H and O–H groups in total. The highest BCUT2D eigenvalue weighted by Gasteiger charge is 2.27. The Morgan fingerprint density at radius 1 is 0.718 bits per heavy atom. The monoisotopic (exact) mass is 526 g/mol. The Kier molecular flexibility index (Phi) is 5.43. The predicted molar refractivity (Wildman–Crippen MR) is 163 cm³/mol. The Hall–Kier alpha value is -4.28. The third-order valence-electron chi connectivity index (χ3n) is 7.41. The molecule has 0 atom stereocenters. The SMILES string of the molecule is CC(C)(C)c1cccc(-c2ccccc2)c1-n1c(-c2cccc3c2sc2ccccc23)nc2ccc(F)cc21. The molecule has 0 aliphatic rings. The minimum absolute atomic E-state index is 0.162. The van der Waals surface area contributed by atoms with Gasteiger partial charge in [-0.05, 0) is 40.8 Å². The molecule has 4 heteroatoms. The minimum atomic E-state index is -0.273. The van der Waals surface area contributed by atoms with Gasteiger partial charge in [-0.15, -0.1) is 11.3 Å². The lowest BCUT2D eigenvalue weighted by Gasteiger charge is -2.27. The van der Waals surface area contributed by atoms with Gasteiger partial charge in [-0.2, -0.15) is 0 Å². The van der Waals surface area contributed by atoms with Crippen molar-refractivity contribution in [2.45, 2.75) is 26.2 Å². The topological polar surface area (TPSA) is 17.8 Å². The van der Waals surface area contributed by atoms with E-state index in [4.69, 9.17) is 4.98 Å². The number of imidazole rings is 1. The summed E-state index contributed by atoms with van der Waals surface area (Å²) in [7, 11) is 0. The van der Waals surface area contributed by atoms with Gasteiger partial charge in [0.15, 0.2) is 0 Å². The Balaban J connectivity index is 1.65. The lowest BCUT2D eigenvalue weighted by atomic mass is 9.83. The van der Waals surface area contributed by atoms with Crippen LogP contribution in [-0.2, 0) is 5.41 Å². The van der Waals surface area contributed by atoms with Crippen molar-refractivity contribution in [2.75, 3.05) is 0 Å². The molecule has 0 saturated heterocycles. The highest BCUT2D eigenvalue weighted by atomic mass is 32.1. The molecule has 0 fully saturated rings. The largest absolute Gasteiger partial charge is 0.291 e. The third-order valence-corrected chi connectivity index (χ3v) is 8.63. The fourth-order valence-corrected chi connectivity index (χ4v) is 6.83. The van der Waals surface area contributed by atoms with Crippen LogP contribution in [0.5, 0.6) is 0 Å². The maximum Gasteiger partial charge on any atom is 0.147 e. The molecule has 2 aromatic heterocycles. The second kappa shape index (κ2) is 8.89. The molecule has 0 aliphatic carbocycles. The zero-order valence-corrected chi connectivity index (χ0v) is 22.9. The second-order valence-corrected chi connectivity index (χ2v) is 12.1. The fourth-order valence-electron chi connectivity index (χ4n) is 5.62. The van der Waals surface area contributed by atoms with Gasteiger partial charge in [-0.25, -0.2) is 9.37 Å². The molecule has 2 nitrogen and oxygen atoms in total. The molecule has 190 valence electrons. The Labute approximate surface area is 231 Å². The quantitative estimate of drug-likeness (QED) is 0.224. The molecule has 0 unspecified atom stereocenters. The van der Waals surface area contributed by atoms with Crippen molar-refractivity contribution >= 4 is 42.5 Å². The summed E-state index contributed by atoms with van der Waals surface area (Å²) in [6.45, 7) is 6.69. The molecule has 7 aromatic rings. The number of thiophene rings is 1. The van der Waals surface area contributed by atoms with E-state index < -0.39 is 0 Å². The van der Waals surface area contributed by atoms with Crippen LogP contribution < -0.4 is 0 Å². The van der Waals surface area contributed by atoms with E-state index in [2.05, 4.69) is 110 Å². The lowest BCUT2D eigenvalue weighted by molar-refractivity contribution is 0.587. The van der Waals surface area contributed by atoms with Crippen LogP contribution >= 0.6 is 11.3 Å². The summed E-state index contributed by atoms with van der Waals surface area (Å²) < 4.78 is 19.5. The van der Waals surface area contributed by atoms with E-state index in [-0.39, 0.29) is 11.2 Å². The maximum absolute atomic E-state index is 14.9. The number of hydrogen-bond acceptors (Lipinski definition) is 2. The van der Waals surface area contributed by atoms with Crippen LogP contribution in [0.4, 0.5) is 4.39 Å². The molecule has 7 rings (SSSR count). The first-order valence-electron chi connectivity index (χ1n) is 13.2. The summed E-state index contributed by atoms with van der Waals surface area (Å²) in [5.74, 6) is 0.548. The number of fused-ring (bicyclic) bond motifs is 4. The van der Waals surface area contributed by atoms with Gasteiger partial charge in [-0.3, -0.25) is 4.57 Å². The summed E-state index contributed by atoms with van der Waals surface area (Å²) >= 11 is 1.78. The maximum atomic E-state index is 14.9. The van der Waals surface area contributed by atoms with Gasteiger partial charge in [0.05, 0.1) is 16.7 Å². The van der Waals surface area contributed by atoms with Crippen molar-refractivity contribution in [3.63, 3.8) is 0 Å². The van der Waals surface area contributed by atoms with Gasteiger partial charge in [0.1, 0.15) is 11.6 Å². The average Bonchev–Trinajstić information content (AvgIpc) is 3.51. The van der Waals surface area contributed by atoms with Crippen molar-refractivity contribution < 1.29 is 4.39 Å². The molecule has 0 radical (unpaired) electrons. The molecule has 5 aromatic carbocycles. The third kappa shape index (κ3) is 3.86. The first-order valence-corrected chi connectivity index (χ1v) is 14.0. The van der Waals surface area contributed by atoms with E-state index in [9.17, 15) is 4.39 Å². The van der Waals surface area contributed by atoms with E-state index in [0.717, 1.165) is 39.2 Å².